The Kier molecular flexibility index (Phi) is 3.60. The minimum absolute atomic E-state index is 0.478. The van der Waals surface area contributed by atoms with Crippen LogP contribution in [0.1, 0.15) is 24.6 Å². The van der Waals surface area contributed by atoms with Crippen LogP contribution in [0.2, 0.25) is 0 Å². The third kappa shape index (κ3) is 2.52. The molecule has 0 radical (unpaired) electrons. The number of fused-ring (bicyclic) bond motifs is 2. The molecule has 3 aromatic heterocycles. The van der Waals surface area contributed by atoms with Crippen molar-refractivity contribution in [2.75, 3.05) is 18.4 Å². The van der Waals surface area contributed by atoms with Gasteiger partial charge in [-0.05, 0) is 63.2 Å². The minimum Gasteiger partial charge on any atom is -0.337 e. The second kappa shape index (κ2) is 6.10. The predicted octanol–water partition coefficient (Wildman–Crippen LogP) is 3.28. The largest absolute Gasteiger partial charge is 0.337 e. The quantitative estimate of drug-likeness (QED) is 0.530. The average Bonchev–Trinajstić information content (AvgIpc) is 3.24. The number of benzene rings is 1. The van der Waals surface area contributed by atoms with E-state index in [0.717, 1.165) is 54.2 Å². The summed E-state index contributed by atoms with van der Waals surface area (Å²) < 4.78 is 2.21. The van der Waals surface area contributed by atoms with E-state index >= 15 is 0 Å². The molecule has 3 N–H and O–H groups in total. The van der Waals surface area contributed by atoms with Crippen LogP contribution in [-0.4, -0.2) is 38.1 Å². The van der Waals surface area contributed by atoms with E-state index in [0.29, 0.717) is 6.04 Å². The van der Waals surface area contributed by atoms with E-state index in [1.54, 1.807) is 6.20 Å². The Labute approximate surface area is 150 Å². The first-order valence-electron chi connectivity index (χ1n) is 9.05. The number of H-pyrrole nitrogens is 1. The topological polar surface area (TPSA) is 83.5 Å². The van der Waals surface area contributed by atoms with Gasteiger partial charge in [-0.3, -0.25) is 14.8 Å². The number of aryl methyl sites for hydroxylation is 1. The number of hydrogen-bond donors (Lipinski definition) is 3. The number of rotatable bonds is 3. The number of nitrogens with one attached hydrogen (secondary N) is 3. The summed E-state index contributed by atoms with van der Waals surface area (Å²) in [4.78, 5) is 4.40. The van der Waals surface area contributed by atoms with Gasteiger partial charge in [-0.25, -0.2) is 0 Å². The van der Waals surface area contributed by atoms with E-state index in [2.05, 4.69) is 55.6 Å². The molecule has 1 aliphatic rings. The number of aromatic nitrogens is 5. The van der Waals surface area contributed by atoms with Crippen LogP contribution in [0.5, 0.6) is 0 Å². The molecule has 0 bridgehead atoms. The van der Waals surface area contributed by atoms with Crippen LogP contribution in [0.4, 0.5) is 11.5 Å². The Balaban J connectivity index is 1.51. The average molecular weight is 347 g/mol. The predicted molar refractivity (Wildman–Crippen MR) is 103 cm³/mol. The number of piperidine rings is 1. The second-order valence-electron chi connectivity index (χ2n) is 6.84. The highest BCUT2D eigenvalue weighted by Crippen LogP contribution is 2.30. The number of hydrogen-bond acceptors (Lipinski definition) is 5. The van der Waals surface area contributed by atoms with Gasteiger partial charge in [0.2, 0.25) is 0 Å². The highest BCUT2D eigenvalue weighted by molar-refractivity contribution is 5.90. The Morgan fingerprint density at radius 1 is 1.19 bits per heavy atom. The van der Waals surface area contributed by atoms with Crippen molar-refractivity contribution < 1.29 is 0 Å². The fourth-order valence-electron chi connectivity index (χ4n) is 3.78. The summed E-state index contributed by atoms with van der Waals surface area (Å²) in [5, 5.41) is 20.2. The lowest BCUT2D eigenvalue weighted by molar-refractivity contribution is 0.350. The first-order valence-corrected chi connectivity index (χ1v) is 9.05. The summed E-state index contributed by atoms with van der Waals surface area (Å²) in [6.07, 6.45) is 4.03. The van der Waals surface area contributed by atoms with Gasteiger partial charge in [-0.15, -0.1) is 0 Å². The summed E-state index contributed by atoms with van der Waals surface area (Å²) in [5.74, 6) is 0.739. The van der Waals surface area contributed by atoms with Crippen LogP contribution < -0.4 is 10.6 Å². The van der Waals surface area contributed by atoms with E-state index in [1.807, 2.05) is 12.1 Å². The molecule has 1 aromatic carbocycles. The second-order valence-corrected chi connectivity index (χ2v) is 6.84. The lowest BCUT2D eigenvalue weighted by Gasteiger charge is -2.23. The van der Waals surface area contributed by atoms with Crippen molar-refractivity contribution in [3.63, 3.8) is 0 Å². The molecule has 0 amide bonds. The molecule has 1 aliphatic heterocycles. The van der Waals surface area contributed by atoms with E-state index in [1.165, 1.54) is 10.9 Å². The lowest BCUT2D eigenvalue weighted by atomic mass is 10.1. The van der Waals surface area contributed by atoms with Gasteiger partial charge in [-0.1, -0.05) is 0 Å². The maximum Gasteiger partial charge on any atom is 0.178 e. The van der Waals surface area contributed by atoms with Crippen LogP contribution in [0.3, 0.4) is 0 Å². The van der Waals surface area contributed by atoms with Crippen molar-refractivity contribution in [1.29, 1.82) is 0 Å². The van der Waals surface area contributed by atoms with Crippen molar-refractivity contribution in [2.24, 2.45) is 0 Å². The van der Waals surface area contributed by atoms with Crippen molar-refractivity contribution >= 4 is 33.4 Å². The molecule has 0 saturated carbocycles. The number of anilines is 2. The zero-order valence-corrected chi connectivity index (χ0v) is 14.7. The number of pyridine rings is 1. The molecule has 0 atom stereocenters. The summed E-state index contributed by atoms with van der Waals surface area (Å²) in [5.41, 5.74) is 5.02. The summed E-state index contributed by atoms with van der Waals surface area (Å²) in [6, 6.07) is 10.7. The SMILES string of the molecule is Cc1nn(C2CCNCC2)c2ccc(Nc3n[nH]c4cccnc34)cc12. The maximum atomic E-state index is 4.83. The van der Waals surface area contributed by atoms with E-state index in [4.69, 9.17) is 5.10 Å². The highest BCUT2D eigenvalue weighted by Gasteiger charge is 2.19. The normalized spacial score (nSPS) is 15.7. The Bertz CT molecular complexity index is 1070. The van der Waals surface area contributed by atoms with E-state index in [-0.39, 0.29) is 0 Å². The summed E-state index contributed by atoms with van der Waals surface area (Å²) in [6.45, 7) is 4.20. The first-order chi connectivity index (χ1) is 12.8. The Morgan fingerprint density at radius 2 is 2.08 bits per heavy atom. The third-order valence-electron chi connectivity index (χ3n) is 5.13. The third-order valence-corrected chi connectivity index (χ3v) is 5.13. The monoisotopic (exact) mass is 347 g/mol. The molecular weight excluding hydrogens is 326 g/mol. The molecule has 132 valence electrons. The molecule has 7 nitrogen and oxygen atoms in total. The zero-order chi connectivity index (χ0) is 17.5. The molecule has 5 rings (SSSR count). The van der Waals surface area contributed by atoms with Crippen molar-refractivity contribution in [3.05, 3.63) is 42.2 Å². The van der Waals surface area contributed by atoms with Crippen molar-refractivity contribution in [3.8, 4) is 0 Å². The molecule has 1 fully saturated rings. The number of aromatic amines is 1. The minimum atomic E-state index is 0.478. The van der Waals surface area contributed by atoms with Gasteiger partial charge in [0.25, 0.3) is 0 Å². The summed E-state index contributed by atoms with van der Waals surface area (Å²) in [7, 11) is 0. The highest BCUT2D eigenvalue weighted by atomic mass is 15.3. The Hall–Kier alpha value is -2.93. The Morgan fingerprint density at radius 3 is 2.96 bits per heavy atom. The van der Waals surface area contributed by atoms with E-state index < -0.39 is 0 Å². The van der Waals surface area contributed by atoms with Crippen LogP contribution in [-0.2, 0) is 0 Å². The van der Waals surface area contributed by atoms with Crippen molar-refractivity contribution in [2.45, 2.75) is 25.8 Å². The van der Waals surface area contributed by atoms with Crippen LogP contribution in [0, 0.1) is 6.92 Å². The molecule has 26 heavy (non-hydrogen) atoms. The van der Waals surface area contributed by atoms with Gasteiger partial charge >= 0.3 is 0 Å². The maximum absolute atomic E-state index is 4.83. The number of nitrogens with zero attached hydrogens (tertiary/aromatic N) is 4. The van der Waals surface area contributed by atoms with Crippen LogP contribution in [0.25, 0.3) is 21.9 Å². The van der Waals surface area contributed by atoms with Gasteiger partial charge in [0.1, 0.15) is 5.52 Å². The van der Waals surface area contributed by atoms with Crippen molar-refractivity contribution in [1.82, 2.24) is 30.3 Å². The lowest BCUT2D eigenvalue weighted by Crippen LogP contribution is -2.29. The molecular formula is C19H21N7. The molecule has 0 aliphatic carbocycles. The molecule has 7 heteroatoms. The van der Waals surface area contributed by atoms with Gasteiger partial charge in [0, 0.05) is 17.3 Å². The molecule has 4 heterocycles. The summed E-state index contributed by atoms with van der Waals surface area (Å²) >= 11 is 0. The van der Waals surface area contributed by atoms with Crippen LogP contribution >= 0.6 is 0 Å². The van der Waals surface area contributed by atoms with Gasteiger partial charge in [-0.2, -0.15) is 10.2 Å². The molecule has 0 spiro atoms. The fourth-order valence-corrected chi connectivity index (χ4v) is 3.78. The van der Waals surface area contributed by atoms with Crippen LogP contribution in [0.15, 0.2) is 36.5 Å². The smallest absolute Gasteiger partial charge is 0.178 e. The fraction of sp³-hybridized carbons (Fsp3) is 0.316. The first kappa shape index (κ1) is 15.3. The molecule has 4 aromatic rings. The standard InChI is InChI=1S/C19H21N7/c1-12-15-11-13(22-19-18-16(23-24-19)3-2-8-21-18)4-5-17(15)26(25-12)14-6-9-20-10-7-14/h2-5,8,11,14,20H,6-7,9-10H2,1H3,(H2,22,23,24). The van der Waals surface area contributed by atoms with Gasteiger partial charge in [0.15, 0.2) is 5.82 Å². The molecule has 0 unspecified atom stereocenters. The van der Waals surface area contributed by atoms with Gasteiger partial charge < -0.3 is 10.6 Å². The molecule has 1 saturated heterocycles. The van der Waals surface area contributed by atoms with E-state index in [9.17, 15) is 0 Å². The zero-order valence-electron chi connectivity index (χ0n) is 14.7. The van der Waals surface area contributed by atoms with Gasteiger partial charge in [0.05, 0.1) is 22.8 Å².